The molecule has 0 aliphatic carbocycles. The van der Waals surface area contributed by atoms with Crippen LogP contribution in [0.5, 0.6) is 0 Å². The second-order valence-electron chi connectivity index (χ2n) is 12.1. The van der Waals surface area contributed by atoms with E-state index in [1.54, 1.807) is 0 Å². The molecule has 0 spiro atoms. The van der Waals surface area contributed by atoms with Gasteiger partial charge in [0.2, 0.25) is 5.91 Å². The number of allylic oxidation sites excluding steroid dienone is 8. The molecule has 1 amide bonds. The largest absolute Gasteiger partial charge is 0.480 e. The molecule has 0 aromatic rings. The molecule has 0 aromatic carbocycles. The molecule has 4 N–H and O–H groups in total. The van der Waals surface area contributed by atoms with E-state index in [9.17, 15) is 34.1 Å². The number of nitrogens with one attached hydrogen (secondary N) is 1. The van der Waals surface area contributed by atoms with Crippen LogP contribution in [0.3, 0.4) is 0 Å². The van der Waals surface area contributed by atoms with Crippen molar-refractivity contribution in [1.82, 2.24) is 5.32 Å². The zero-order chi connectivity index (χ0) is 36.4. The van der Waals surface area contributed by atoms with Crippen LogP contribution in [-0.2, 0) is 32.7 Å². The van der Waals surface area contributed by atoms with Crippen LogP contribution in [0.15, 0.2) is 48.6 Å². The molecule has 11 nitrogen and oxygen atoms in total. The van der Waals surface area contributed by atoms with E-state index < -0.39 is 57.6 Å². The van der Waals surface area contributed by atoms with E-state index in [-0.39, 0.29) is 12.8 Å². The minimum Gasteiger partial charge on any atom is -0.480 e. The number of rotatable bonds is 33. The molecule has 3 unspecified atom stereocenters. The number of ether oxygens (including phenoxy) is 1. The number of aliphatic carboxylic acids is 1. The molecule has 0 heterocycles. The molecule has 3 atom stereocenters. The van der Waals surface area contributed by atoms with Crippen LogP contribution >= 0.6 is 7.82 Å². The number of hydrogen-bond acceptors (Lipinski definition) is 8. The average molecular weight is 714 g/mol. The van der Waals surface area contributed by atoms with Crippen molar-refractivity contribution in [2.24, 2.45) is 0 Å². The number of carbonyl (C=O) groups excluding carboxylic acids is 2. The van der Waals surface area contributed by atoms with Crippen molar-refractivity contribution < 1.29 is 47.8 Å². The number of aliphatic hydroxyl groups excluding tert-OH is 1. The lowest BCUT2D eigenvalue weighted by molar-refractivity contribution is -0.147. The third-order valence-electron chi connectivity index (χ3n) is 7.37. The predicted molar refractivity (Wildman–Crippen MR) is 194 cm³/mol. The summed E-state index contributed by atoms with van der Waals surface area (Å²) in [6.45, 7) is 2.40. The summed E-state index contributed by atoms with van der Waals surface area (Å²) < 4.78 is 26.6. The van der Waals surface area contributed by atoms with Crippen molar-refractivity contribution >= 4 is 25.7 Å². The Kier molecular flexibility index (Phi) is 30.9. The van der Waals surface area contributed by atoms with Crippen LogP contribution in [0.2, 0.25) is 0 Å². The fourth-order valence-electron chi connectivity index (χ4n) is 4.47. The Hall–Kier alpha value is -2.56. The maximum absolute atomic E-state index is 12.1. The van der Waals surface area contributed by atoms with Crippen molar-refractivity contribution in [3.63, 3.8) is 0 Å². The van der Waals surface area contributed by atoms with Crippen LogP contribution in [0.4, 0.5) is 0 Å². The third-order valence-corrected chi connectivity index (χ3v) is 8.32. The van der Waals surface area contributed by atoms with Crippen LogP contribution in [-0.4, -0.2) is 64.9 Å². The minimum absolute atomic E-state index is 0.139. The summed E-state index contributed by atoms with van der Waals surface area (Å²) in [5.41, 5.74) is 0. The van der Waals surface area contributed by atoms with Crippen LogP contribution < -0.4 is 5.32 Å². The number of esters is 1. The smallest absolute Gasteiger partial charge is 0.472 e. The fraction of sp³-hybridized carbons (Fsp3) is 0.703. The summed E-state index contributed by atoms with van der Waals surface area (Å²) in [5.74, 6) is -2.43. The lowest BCUT2D eigenvalue weighted by atomic mass is 10.1. The van der Waals surface area contributed by atoms with Crippen molar-refractivity contribution in [2.75, 3.05) is 19.8 Å². The van der Waals surface area contributed by atoms with Crippen molar-refractivity contribution in [1.29, 1.82) is 0 Å². The lowest BCUT2D eigenvalue weighted by Crippen LogP contribution is -2.43. The zero-order valence-electron chi connectivity index (χ0n) is 30.0. The molecular formula is C37H64NO10P. The summed E-state index contributed by atoms with van der Waals surface area (Å²) in [6.07, 6.45) is 33.3. The van der Waals surface area contributed by atoms with Gasteiger partial charge in [0.05, 0.1) is 13.2 Å². The van der Waals surface area contributed by atoms with Gasteiger partial charge in [-0.05, 0) is 57.8 Å². The van der Waals surface area contributed by atoms with Gasteiger partial charge < -0.3 is 25.2 Å². The first-order valence-corrected chi connectivity index (χ1v) is 19.7. The first-order chi connectivity index (χ1) is 23.6. The SMILES string of the molecule is CCCCC/C=C\C/C=C\C/C=C\C/C=C\CCCCCC(=O)OCC(O)COP(=O)(O)OCC(NC(=O)CCCCCCCC)C(=O)O. The van der Waals surface area contributed by atoms with E-state index in [1.807, 2.05) is 0 Å². The number of hydrogen-bond donors (Lipinski definition) is 4. The van der Waals surface area contributed by atoms with Gasteiger partial charge in [0.25, 0.3) is 0 Å². The topological polar surface area (TPSA) is 169 Å². The van der Waals surface area contributed by atoms with Gasteiger partial charge in [-0.1, -0.05) is 114 Å². The highest BCUT2D eigenvalue weighted by atomic mass is 31.2. The highest BCUT2D eigenvalue weighted by molar-refractivity contribution is 7.47. The lowest BCUT2D eigenvalue weighted by Gasteiger charge is -2.18. The summed E-state index contributed by atoms with van der Waals surface area (Å²) in [7, 11) is -4.75. The maximum atomic E-state index is 12.1. The maximum Gasteiger partial charge on any atom is 0.472 e. The molecule has 0 radical (unpaired) electrons. The molecule has 0 aliphatic heterocycles. The molecule has 0 rings (SSSR count). The molecular weight excluding hydrogens is 649 g/mol. The first-order valence-electron chi connectivity index (χ1n) is 18.2. The monoisotopic (exact) mass is 713 g/mol. The number of phosphoric ester groups is 1. The number of phosphoric acid groups is 1. The Labute approximate surface area is 294 Å². The minimum atomic E-state index is -4.75. The van der Waals surface area contributed by atoms with E-state index in [2.05, 4.69) is 67.8 Å². The van der Waals surface area contributed by atoms with Crippen LogP contribution in [0, 0.1) is 0 Å². The number of carboxylic acids is 1. The molecule has 282 valence electrons. The van der Waals surface area contributed by atoms with Gasteiger partial charge in [0.15, 0.2) is 6.04 Å². The molecule has 0 aromatic heterocycles. The van der Waals surface area contributed by atoms with E-state index in [0.717, 1.165) is 70.6 Å². The number of carbonyl (C=O) groups is 3. The van der Waals surface area contributed by atoms with Gasteiger partial charge in [-0.3, -0.25) is 18.6 Å². The summed E-state index contributed by atoms with van der Waals surface area (Å²) in [5, 5.41) is 21.6. The van der Waals surface area contributed by atoms with Gasteiger partial charge in [-0.2, -0.15) is 0 Å². The van der Waals surface area contributed by atoms with Gasteiger partial charge in [-0.25, -0.2) is 9.36 Å². The fourth-order valence-corrected chi connectivity index (χ4v) is 5.24. The number of unbranched alkanes of at least 4 members (excludes halogenated alkanes) is 11. The molecule has 0 aliphatic rings. The summed E-state index contributed by atoms with van der Waals surface area (Å²) >= 11 is 0. The Balaban J connectivity index is 3.97. The quantitative estimate of drug-likeness (QED) is 0.0225. The van der Waals surface area contributed by atoms with E-state index in [4.69, 9.17) is 13.8 Å². The normalized spacial score (nSPS) is 14.5. The van der Waals surface area contributed by atoms with Crippen molar-refractivity contribution in [2.45, 2.75) is 148 Å². The molecule has 49 heavy (non-hydrogen) atoms. The standard InChI is InChI=1S/C37H64NO10P/c1-3-5-7-9-11-12-13-14-15-16-17-18-19-20-21-22-23-25-27-29-36(41)46-30-33(39)31-47-49(44,45)48-32-34(37(42)43)38-35(40)28-26-24-10-8-6-4-2/h11-12,14-15,17-18,20-21,33-34,39H,3-10,13,16,19,22-32H2,1-2H3,(H,38,40)(H,42,43)(H,44,45)/b12-11-,15-14-,18-17-,21-20-. The van der Waals surface area contributed by atoms with Crippen LogP contribution in [0.25, 0.3) is 0 Å². The Morgan fingerprint density at radius 2 is 1.12 bits per heavy atom. The molecule has 12 heteroatoms. The van der Waals surface area contributed by atoms with E-state index in [1.165, 1.54) is 25.7 Å². The number of aliphatic hydroxyl groups is 1. The average Bonchev–Trinajstić information content (AvgIpc) is 3.07. The highest BCUT2D eigenvalue weighted by Gasteiger charge is 2.28. The first kappa shape index (κ1) is 46.4. The molecule has 0 bridgehead atoms. The third kappa shape index (κ3) is 32.4. The van der Waals surface area contributed by atoms with Gasteiger partial charge in [0.1, 0.15) is 12.7 Å². The molecule has 0 saturated carbocycles. The second-order valence-corrected chi connectivity index (χ2v) is 13.5. The predicted octanol–water partition coefficient (Wildman–Crippen LogP) is 8.27. The molecule has 0 fully saturated rings. The zero-order valence-corrected chi connectivity index (χ0v) is 30.9. The van der Waals surface area contributed by atoms with E-state index in [0.29, 0.717) is 12.8 Å². The summed E-state index contributed by atoms with van der Waals surface area (Å²) in [6, 6.07) is -1.55. The number of amides is 1. The van der Waals surface area contributed by atoms with Crippen molar-refractivity contribution in [3.05, 3.63) is 48.6 Å². The van der Waals surface area contributed by atoms with Gasteiger partial charge in [-0.15, -0.1) is 0 Å². The summed E-state index contributed by atoms with van der Waals surface area (Å²) in [4.78, 5) is 45.3. The van der Waals surface area contributed by atoms with Crippen LogP contribution in [0.1, 0.15) is 136 Å². The number of carboxylic acid groups (broad SMARTS) is 1. The Bertz CT molecular complexity index is 1030. The van der Waals surface area contributed by atoms with Crippen molar-refractivity contribution in [3.8, 4) is 0 Å². The van der Waals surface area contributed by atoms with E-state index >= 15 is 0 Å². The second kappa shape index (κ2) is 32.6. The van der Waals surface area contributed by atoms with Gasteiger partial charge in [0, 0.05) is 12.8 Å². The molecule has 0 saturated heterocycles. The highest BCUT2D eigenvalue weighted by Crippen LogP contribution is 2.43. The van der Waals surface area contributed by atoms with Gasteiger partial charge >= 0.3 is 19.8 Å². The Morgan fingerprint density at radius 1 is 0.653 bits per heavy atom. The Morgan fingerprint density at radius 3 is 1.71 bits per heavy atom.